The highest BCUT2D eigenvalue weighted by molar-refractivity contribution is 6.00. The minimum absolute atomic E-state index is 0.0367. The van der Waals surface area contributed by atoms with Crippen LogP contribution in [0.3, 0.4) is 0 Å². The number of nitrogens with one attached hydrogen (secondary N) is 2. The van der Waals surface area contributed by atoms with E-state index in [0.717, 1.165) is 62.5 Å². The fourth-order valence-corrected chi connectivity index (χ4v) is 4.93. The first-order valence-corrected chi connectivity index (χ1v) is 13.3. The molecular formula is C26H36F3N7O4. The Labute approximate surface area is 230 Å². The molecule has 0 radical (unpaired) electrons. The number of nitrogens with zero attached hydrogens (tertiary/aromatic N) is 5. The van der Waals surface area contributed by atoms with Gasteiger partial charge < -0.3 is 15.5 Å². The van der Waals surface area contributed by atoms with E-state index in [2.05, 4.69) is 20.8 Å². The lowest BCUT2D eigenvalue weighted by atomic mass is 9.91. The Balaban J connectivity index is 1.79. The van der Waals surface area contributed by atoms with Crippen LogP contribution < -0.4 is 16.2 Å². The third-order valence-corrected chi connectivity index (χ3v) is 6.94. The lowest BCUT2D eigenvalue weighted by Crippen LogP contribution is -2.49. The van der Waals surface area contributed by atoms with Crippen molar-refractivity contribution in [3.63, 3.8) is 0 Å². The average Bonchev–Trinajstić information content (AvgIpc) is 3.22. The number of carbonyl (C=O) groups is 3. The molecule has 2 N–H and O–H groups in total. The van der Waals surface area contributed by atoms with Crippen molar-refractivity contribution in [2.75, 3.05) is 18.9 Å². The Morgan fingerprint density at radius 1 is 1.07 bits per heavy atom. The van der Waals surface area contributed by atoms with Crippen LogP contribution in [0.2, 0.25) is 0 Å². The molecule has 3 amide bonds. The van der Waals surface area contributed by atoms with Crippen molar-refractivity contribution in [2.45, 2.75) is 83.6 Å². The molecule has 0 bridgehead atoms. The molecular weight excluding hydrogens is 531 g/mol. The molecule has 2 heterocycles. The smallest absolute Gasteiger partial charge is 0.339 e. The maximum atomic E-state index is 13.5. The van der Waals surface area contributed by atoms with E-state index in [4.69, 9.17) is 0 Å². The molecule has 0 unspecified atom stereocenters. The number of amides is 3. The van der Waals surface area contributed by atoms with Crippen LogP contribution in [-0.2, 0) is 9.59 Å². The van der Waals surface area contributed by atoms with Gasteiger partial charge in [0.2, 0.25) is 11.8 Å². The Kier molecular flexibility index (Phi) is 10.1. The largest absolute Gasteiger partial charge is 0.406 e. The first-order chi connectivity index (χ1) is 18.8. The van der Waals surface area contributed by atoms with Crippen LogP contribution in [-0.4, -0.2) is 68.0 Å². The summed E-state index contributed by atoms with van der Waals surface area (Å²) in [7, 11) is 0.988. The van der Waals surface area contributed by atoms with Gasteiger partial charge >= 0.3 is 6.18 Å². The van der Waals surface area contributed by atoms with Gasteiger partial charge in [0, 0.05) is 25.4 Å². The fraction of sp³-hybridized carbons (Fsp3) is 0.615. The van der Waals surface area contributed by atoms with Crippen molar-refractivity contribution in [3.05, 3.63) is 40.6 Å². The Morgan fingerprint density at radius 3 is 2.30 bits per heavy atom. The van der Waals surface area contributed by atoms with E-state index in [0.29, 0.717) is 10.6 Å². The predicted molar refractivity (Wildman–Crippen MR) is 141 cm³/mol. The zero-order valence-corrected chi connectivity index (χ0v) is 23.1. The van der Waals surface area contributed by atoms with Gasteiger partial charge in [-0.15, -0.1) is 0 Å². The number of carbonyl (C=O) groups excluding carboxylic acids is 3. The molecule has 2 aromatic rings. The molecule has 2 aromatic heterocycles. The number of alkyl halides is 3. The summed E-state index contributed by atoms with van der Waals surface area (Å²) in [4.78, 5) is 52.2. The van der Waals surface area contributed by atoms with Gasteiger partial charge in [-0.2, -0.15) is 23.4 Å². The number of halogens is 3. The van der Waals surface area contributed by atoms with E-state index in [1.165, 1.54) is 13.1 Å². The van der Waals surface area contributed by atoms with Crippen molar-refractivity contribution in [3.8, 4) is 0 Å². The molecule has 0 saturated heterocycles. The minimum atomic E-state index is -4.59. The summed E-state index contributed by atoms with van der Waals surface area (Å²) in [6.45, 7) is 3.57. The van der Waals surface area contributed by atoms with Gasteiger partial charge in [0.15, 0.2) is 0 Å². The second-order valence-electron chi connectivity index (χ2n) is 10.5. The summed E-state index contributed by atoms with van der Waals surface area (Å²) in [5, 5.41) is 13.6. The number of hydrogen-bond donors (Lipinski definition) is 2. The lowest BCUT2D eigenvalue weighted by Gasteiger charge is -2.27. The van der Waals surface area contributed by atoms with Gasteiger partial charge in [0.05, 0.1) is 11.9 Å². The van der Waals surface area contributed by atoms with Crippen LogP contribution in [0.5, 0.6) is 0 Å². The van der Waals surface area contributed by atoms with Crippen molar-refractivity contribution in [2.24, 2.45) is 5.92 Å². The summed E-state index contributed by atoms with van der Waals surface area (Å²) in [5.74, 6) is -2.04. The highest BCUT2D eigenvalue weighted by Crippen LogP contribution is 2.27. The van der Waals surface area contributed by atoms with Crippen molar-refractivity contribution in [1.82, 2.24) is 29.8 Å². The SMILES string of the molecule is CC(C)n1nccc1C(=O)N[C@H](C(=O)Nc1cnn([C@@H](C)C(=O)N(C)CC(F)(F)F)c(=O)c1)C1CCCCCC1. The molecule has 14 heteroatoms. The third-order valence-electron chi connectivity index (χ3n) is 6.94. The second-order valence-corrected chi connectivity index (χ2v) is 10.5. The van der Waals surface area contributed by atoms with Crippen LogP contribution >= 0.6 is 0 Å². The van der Waals surface area contributed by atoms with Crippen LogP contribution in [0.1, 0.15) is 81.9 Å². The molecule has 2 atom stereocenters. The maximum Gasteiger partial charge on any atom is 0.406 e. The van der Waals surface area contributed by atoms with E-state index < -0.39 is 48.1 Å². The summed E-state index contributed by atoms with van der Waals surface area (Å²) < 4.78 is 40.3. The molecule has 0 aromatic carbocycles. The van der Waals surface area contributed by atoms with Gasteiger partial charge in [-0.05, 0) is 45.6 Å². The van der Waals surface area contributed by atoms with E-state index in [1.54, 1.807) is 10.7 Å². The fourth-order valence-electron chi connectivity index (χ4n) is 4.93. The van der Waals surface area contributed by atoms with E-state index in [1.807, 2.05) is 13.8 Å². The quantitative estimate of drug-likeness (QED) is 0.447. The van der Waals surface area contributed by atoms with Crippen LogP contribution in [0.15, 0.2) is 29.3 Å². The van der Waals surface area contributed by atoms with Crippen molar-refractivity contribution >= 4 is 23.4 Å². The second kappa shape index (κ2) is 13.1. The van der Waals surface area contributed by atoms with Crippen LogP contribution in [0.4, 0.5) is 18.9 Å². The van der Waals surface area contributed by atoms with Crippen molar-refractivity contribution in [1.29, 1.82) is 0 Å². The zero-order valence-electron chi connectivity index (χ0n) is 23.1. The average molecular weight is 568 g/mol. The zero-order chi connectivity index (χ0) is 29.6. The van der Waals surface area contributed by atoms with Gasteiger partial charge in [-0.1, -0.05) is 25.7 Å². The molecule has 11 nitrogen and oxygen atoms in total. The van der Waals surface area contributed by atoms with Gasteiger partial charge in [0.25, 0.3) is 11.5 Å². The number of likely N-dealkylation sites (N-methyl/N-ethyl adjacent to an activating group) is 1. The van der Waals surface area contributed by atoms with Crippen LogP contribution in [0.25, 0.3) is 0 Å². The number of rotatable bonds is 9. The monoisotopic (exact) mass is 567 g/mol. The first-order valence-electron chi connectivity index (χ1n) is 13.3. The Bertz CT molecular complexity index is 1250. The normalized spacial score (nSPS) is 16.2. The lowest BCUT2D eigenvalue weighted by molar-refractivity contribution is -0.160. The summed E-state index contributed by atoms with van der Waals surface area (Å²) >= 11 is 0. The van der Waals surface area contributed by atoms with E-state index in [9.17, 15) is 32.3 Å². The topological polar surface area (TPSA) is 131 Å². The predicted octanol–water partition coefficient (Wildman–Crippen LogP) is 3.31. The summed E-state index contributed by atoms with van der Waals surface area (Å²) in [6, 6.07) is 0.364. The Morgan fingerprint density at radius 2 is 1.73 bits per heavy atom. The molecule has 1 aliphatic rings. The van der Waals surface area contributed by atoms with Crippen LogP contribution in [0, 0.1) is 5.92 Å². The van der Waals surface area contributed by atoms with E-state index >= 15 is 0 Å². The highest BCUT2D eigenvalue weighted by Gasteiger charge is 2.34. The molecule has 1 fully saturated rings. The first kappa shape index (κ1) is 30.8. The standard InChI is InChI=1S/C26H36F3N7O4/c1-16(2)35-20(11-12-30-35)23(38)33-22(18-9-7-5-6-8-10-18)24(39)32-19-13-21(37)36(31-14-19)17(3)25(40)34(4)15-26(27,28)29/h11-14,16-18,22H,5-10,15H2,1-4H3,(H,32,39)(H,33,38)/t17-,22-/m0/s1. The summed E-state index contributed by atoms with van der Waals surface area (Å²) in [6.07, 6.45) is 3.47. The molecule has 1 saturated carbocycles. The van der Waals surface area contributed by atoms with Gasteiger partial charge in [0.1, 0.15) is 24.3 Å². The molecule has 3 rings (SSSR count). The molecule has 220 valence electrons. The molecule has 40 heavy (non-hydrogen) atoms. The summed E-state index contributed by atoms with van der Waals surface area (Å²) in [5.41, 5.74) is -0.426. The highest BCUT2D eigenvalue weighted by atomic mass is 19.4. The molecule has 0 spiro atoms. The van der Waals surface area contributed by atoms with Gasteiger partial charge in [-0.3, -0.25) is 23.9 Å². The Hall–Kier alpha value is -3.71. The van der Waals surface area contributed by atoms with E-state index in [-0.39, 0.29) is 17.6 Å². The molecule has 1 aliphatic carbocycles. The van der Waals surface area contributed by atoms with Crippen molar-refractivity contribution < 1.29 is 27.6 Å². The van der Waals surface area contributed by atoms with Gasteiger partial charge in [-0.25, -0.2) is 4.68 Å². The third kappa shape index (κ3) is 7.92. The number of aromatic nitrogens is 4. The maximum absolute atomic E-state index is 13.5. The molecule has 0 aliphatic heterocycles. The number of hydrogen-bond acceptors (Lipinski definition) is 6. The minimum Gasteiger partial charge on any atom is -0.339 e. The number of anilines is 1.